The van der Waals surface area contributed by atoms with Crippen molar-refractivity contribution in [2.24, 2.45) is 0 Å². The highest BCUT2D eigenvalue weighted by atomic mass is 32.1. The fourth-order valence-corrected chi connectivity index (χ4v) is 4.94. The summed E-state index contributed by atoms with van der Waals surface area (Å²) in [5.41, 5.74) is 6.56. The Kier molecular flexibility index (Phi) is 4.65. The highest BCUT2D eigenvalue weighted by molar-refractivity contribution is 7.15. The topological polar surface area (TPSA) is 68.0 Å². The van der Waals surface area contributed by atoms with E-state index < -0.39 is 0 Å². The zero-order valence-corrected chi connectivity index (χ0v) is 17.9. The predicted octanol–water partition coefficient (Wildman–Crippen LogP) is 5.68. The van der Waals surface area contributed by atoms with Gasteiger partial charge in [0.2, 0.25) is 10.9 Å². The van der Waals surface area contributed by atoms with E-state index in [2.05, 4.69) is 43.8 Å². The summed E-state index contributed by atoms with van der Waals surface area (Å²) >= 11 is 1.47. The first-order valence-corrected chi connectivity index (χ1v) is 11.4. The molecule has 0 saturated heterocycles. The molecule has 6 nitrogen and oxygen atoms in total. The molecule has 1 N–H and O–H groups in total. The fourth-order valence-electron chi connectivity index (χ4n) is 4.11. The molecule has 6 rings (SSSR count). The Labute approximate surface area is 187 Å². The van der Waals surface area contributed by atoms with Crippen molar-refractivity contribution in [1.82, 2.24) is 24.8 Å². The Morgan fingerprint density at radius 2 is 1.69 bits per heavy atom. The van der Waals surface area contributed by atoms with Gasteiger partial charge in [0, 0.05) is 16.5 Å². The molecule has 0 saturated carbocycles. The third-order valence-corrected chi connectivity index (χ3v) is 6.59. The van der Waals surface area contributed by atoms with Crippen LogP contribution in [0.15, 0.2) is 60.0 Å². The summed E-state index contributed by atoms with van der Waals surface area (Å²) in [6, 6.07) is 16.8. The second kappa shape index (κ2) is 7.80. The Morgan fingerprint density at radius 1 is 0.875 bits per heavy atom. The van der Waals surface area contributed by atoms with Crippen molar-refractivity contribution in [2.45, 2.75) is 25.7 Å². The molecule has 158 valence electrons. The number of rotatable bonds is 4. The van der Waals surface area contributed by atoms with E-state index in [-0.39, 0.29) is 5.82 Å². The van der Waals surface area contributed by atoms with Gasteiger partial charge >= 0.3 is 0 Å². The average Bonchev–Trinajstić information content (AvgIpc) is 3.40. The summed E-state index contributed by atoms with van der Waals surface area (Å²) in [6.45, 7) is 0. The Balaban J connectivity index is 1.23. The molecule has 3 heterocycles. The fraction of sp³-hybridized carbons (Fsp3) is 0.167. The number of anilines is 2. The first-order valence-electron chi connectivity index (χ1n) is 10.6. The molecule has 5 aromatic rings. The maximum atomic E-state index is 13.2. The SMILES string of the molecule is Fc1ccc(-c2csc3nc(Nc4ccc(-c5ccc6c(c5)CCCC6)nn4)nn23)cc1. The normalized spacial score (nSPS) is 13.3. The number of hydrogen-bond donors (Lipinski definition) is 1. The predicted molar refractivity (Wildman–Crippen MR) is 124 cm³/mol. The molecule has 0 spiro atoms. The minimum Gasteiger partial charge on any atom is -0.306 e. The van der Waals surface area contributed by atoms with E-state index >= 15 is 0 Å². The van der Waals surface area contributed by atoms with Crippen molar-refractivity contribution in [1.29, 1.82) is 0 Å². The van der Waals surface area contributed by atoms with Gasteiger partial charge in [0.25, 0.3) is 0 Å². The van der Waals surface area contributed by atoms with Gasteiger partial charge in [-0.25, -0.2) is 8.91 Å². The quantitative estimate of drug-likeness (QED) is 0.388. The van der Waals surface area contributed by atoms with Crippen molar-refractivity contribution >= 4 is 28.1 Å². The number of hydrogen-bond acceptors (Lipinski definition) is 6. The van der Waals surface area contributed by atoms with Crippen LogP contribution in [0.4, 0.5) is 16.2 Å². The molecule has 0 radical (unpaired) electrons. The van der Waals surface area contributed by atoms with Crippen LogP contribution >= 0.6 is 11.3 Å². The highest BCUT2D eigenvalue weighted by Crippen LogP contribution is 2.28. The maximum Gasteiger partial charge on any atom is 0.249 e. The van der Waals surface area contributed by atoms with Crippen molar-refractivity contribution in [3.05, 3.63) is 76.9 Å². The van der Waals surface area contributed by atoms with Crippen LogP contribution in [0.3, 0.4) is 0 Å². The first-order chi connectivity index (χ1) is 15.7. The van der Waals surface area contributed by atoms with E-state index in [1.165, 1.54) is 53.9 Å². The van der Waals surface area contributed by atoms with Gasteiger partial charge in [0.05, 0.1) is 11.4 Å². The molecule has 32 heavy (non-hydrogen) atoms. The number of nitrogens with one attached hydrogen (secondary N) is 1. The molecule has 0 unspecified atom stereocenters. The summed E-state index contributed by atoms with van der Waals surface area (Å²) in [4.78, 5) is 5.26. The minimum atomic E-state index is -0.265. The van der Waals surface area contributed by atoms with Crippen LogP contribution < -0.4 is 5.32 Å². The van der Waals surface area contributed by atoms with Crippen molar-refractivity contribution in [3.63, 3.8) is 0 Å². The molecule has 0 fully saturated rings. The van der Waals surface area contributed by atoms with Gasteiger partial charge in [-0.05, 0) is 79.3 Å². The number of benzene rings is 2. The van der Waals surface area contributed by atoms with Gasteiger partial charge in [-0.1, -0.05) is 12.1 Å². The van der Waals surface area contributed by atoms with Gasteiger partial charge in [0.1, 0.15) is 5.82 Å². The van der Waals surface area contributed by atoms with Crippen LogP contribution in [-0.2, 0) is 12.8 Å². The second-order valence-electron chi connectivity index (χ2n) is 7.88. The lowest BCUT2D eigenvalue weighted by Gasteiger charge is -2.16. The van der Waals surface area contributed by atoms with Crippen LogP contribution in [0.1, 0.15) is 24.0 Å². The molecular formula is C24H19FN6S. The van der Waals surface area contributed by atoms with Gasteiger partial charge in [0.15, 0.2) is 5.82 Å². The molecule has 1 aliphatic rings. The zero-order chi connectivity index (χ0) is 21.5. The van der Waals surface area contributed by atoms with E-state index in [0.717, 1.165) is 33.9 Å². The first kappa shape index (κ1) is 19.1. The van der Waals surface area contributed by atoms with Crippen molar-refractivity contribution < 1.29 is 4.39 Å². The molecule has 0 atom stereocenters. The lowest BCUT2D eigenvalue weighted by atomic mass is 9.90. The van der Waals surface area contributed by atoms with E-state index in [9.17, 15) is 4.39 Å². The largest absolute Gasteiger partial charge is 0.306 e. The minimum absolute atomic E-state index is 0.265. The summed E-state index contributed by atoms with van der Waals surface area (Å²) in [7, 11) is 0. The number of fused-ring (bicyclic) bond motifs is 2. The van der Waals surface area contributed by atoms with Crippen LogP contribution in [-0.4, -0.2) is 24.8 Å². The third-order valence-electron chi connectivity index (χ3n) is 5.77. The molecule has 1 aliphatic carbocycles. The summed E-state index contributed by atoms with van der Waals surface area (Å²) in [6.07, 6.45) is 4.84. The second-order valence-corrected chi connectivity index (χ2v) is 8.71. The summed E-state index contributed by atoms with van der Waals surface area (Å²) in [5.74, 6) is 0.753. The van der Waals surface area contributed by atoms with Crippen molar-refractivity contribution in [3.8, 4) is 22.5 Å². The molecular weight excluding hydrogens is 423 g/mol. The van der Waals surface area contributed by atoms with Crippen LogP contribution in [0.2, 0.25) is 0 Å². The lowest BCUT2D eigenvalue weighted by molar-refractivity contribution is 0.628. The maximum absolute atomic E-state index is 13.2. The standard InChI is InChI=1S/C24H19FN6S/c25-19-9-7-16(8-10-19)21-14-32-24-27-23(30-31(21)24)26-22-12-11-20(28-29-22)18-6-5-15-3-1-2-4-17(15)13-18/h5-14H,1-4H2,(H,26,29,30). The number of aromatic nitrogens is 5. The van der Waals surface area contributed by atoms with E-state index in [1.807, 2.05) is 17.5 Å². The highest BCUT2D eigenvalue weighted by Gasteiger charge is 2.14. The van der Waals surface area contributed by atoms with E-state index in [1.54, 1.807) is 16.6 Å². The number of aryl methyl sites for hydroxylation is 2. The molecule has 8 heteroatoms. The number of halogens is 1. The number of thiazole rings is 1. The Morgan fingerprint density at radius 3 is 2.50 bits per heavy atom. The van der Waals surface area contributed by atoms with E-state index in [4.69, 9.17) is 0 Å². The van der Waals surface area contributed by atoms with Crippen LogP contribution in [0, 0.1) is 5.82 Å². The monoisotopic (exact) mass is 442 g/mol. The summed E-state index contributed by atoms with van der Waals surface area (Å²) in [5, 5.41) is 18.3. The smallest absolute Gasteiger partial charge is 0.249 e. The lowest BCUT2D eigenvalue weighted by Crippen LogP contribution is -2.03. The van der Waals surface area contributed by atoms with Gasteiger partial charge in [-0.2, -0.15) is 4.98 Å². The zero-order valence-electron chi connectivity index (χ0n) is 17.1. The van der Waals surface area contributed by atoms with E-state index in [0.29, 0.717) is 11.8 Å². The average molecular weight is 443 g/mol. The van der Waals surface area contributed by atoms with Crippen molar-refractivity contribution in [2.75, 3.05) is 5.32 Å². The Hall–Kier alpha value is -3.65. The summed E-state index contributed by atoms with van der Waals surface area (Å²) < 4.78 is 15.0. The van der Waals surface area contributed by atoms with Gasteiger partial charge in [-0.3, -0.25) is 0 Å². The van der Waals surface area contributed by atoms with Crippen LogP contribution in [0.25, 0.3) is 27.5 Å². The molecule has 0 aliphatic heterocycles. The number of nitrogens with zero attached hydrogens (tertiary/aromatic N) is 5. The van der Waals surface area contributed by atoms with Crippen LogP contribution in [0.5, 0.6) is 0 Å². The third kappa shape index (κ3) is 3.52. The molecule has 3 aromatic heterocycles. The molecule has 0 amide bonds. The Bertz CT molecular complexity index is 1410. The molecule has 0 bridgehead atoms. The van der Waals surface area contributed by atoms with Gasteiger partial charge < -0.3 is 5.32 Å². The molecule has 2 aromatic carbocycles. The van der Waals surface area contributed by atoms with Gasteiger partial charge in [-0.15, -0.1) is 26.6 Å².